The Morgan fingerprint density at radius 1 is 1.20 bits per heavy atom. The molecule has 182 valence electrons. The minimum atomic E-state index is -3.66. The van der Waals surface area contributed by atoms with Crippen molar-refractivity contribution >= 4 is 37.4 Å². The van der Waals surface area contributed by atoms with E-state index in [1.165, 1.54) is 7.11 Å². The van der Waals surface area contributed by atoms with Gasteiger partial charge in [-0.3, -0.25) is 4.98 Å². The highest BCUT2D eigenvalue weighted by atomic mass is 79.9. The minimum absolute atomic E-state index is 0.0464. The highest BCUT2D eigenvalue weighted by molar-refractivity contribution is 9.10. The third-order valence-electron chi connectivity index (χ3n) is 6.13. The number of methoxy groups -OCH3 is 1. The lowest BCUT2D eigenvalue weighted by molar-refractivity contribution is 0.312. The molecule has 1 unspecified atom stereocenters. The van der Waals surface area contributed by atoms with Crippen molar-refractivity contribution in [3.63, 3.8) is 0 Å². The molecule has 1 fully saturated rings. The van der Waals surface area contributed by atoms with Crippen LogP contribution >= 0.6 is 15.9 Å². The Kier molecular flexibility index (Phi) is 6.72. The van der Waals surface area contributed by atoms with E-state index in [1.54, 1.807) is 45.5 Å². The Hall–Kier alpha value is -3.02. The van der Waals surface area contributed by atoms with Crippen molar-refractivity contribution in [2.75, 3.05) is 25.5 Å². The number of nitrogens with zero attached hydrogens (tertiary/aromatic N) is 5. The Labute approximate surface area is 212 Å². The van der Waals surface area contributed by atoms with Gasteiger partial charge in [0.25, 0.3) is 0 Å². The van der Waals surface area contributed by atoms with Crippen LogP contribution in [0.5, 0.6) is 5.75 Å². The van der Waals surface area contributed by atoms with E-state index < -0.39 is 10.0 Å². The predicted molar refractivity (Wildman–Crippen MR) is 136 cm³/mol. The molecule has 0 radical (unpaired) electrons. The summed E-state index contributed by atoms with van der Waals surface area (Å²) < 4.78 is 36.1. The fourth-order valence-electron chi connectivity index (χ4n) is 4.30. The Morgan fingerprint density at radius 2 is 2.09 bits per heavy atom. The summed E-state index contributed by atoms with van der Waals surface area (Å²) >= 11 is 3.54. The van der Waals surface area contributed by atoms with E-state index in [-0.39, 0.29) is 10.8 Å². The minimum Gasteiger partial charge on any atom is -0.497 e. The van der Waals surface area contributed by atoms with Crippen LogP contribution < -0.4 is 10.1 Å². The Morgan fingerprint density at radius 3 is 2.89 bits per heavy atom. The molecule has 3 aromatic heterocycles. The smallest absolute Gasteiger partial charge is 0.243 e. The van der Waals surface area contributed by atoms with Gasteiger partial charge in [-0.15, -0.1) is 0 Å². The molecule has 1 saturated heterocycles. The topological polar surface area (TPSA) is 102 Å². The lowest BCUT2D eigenvalue weighted by Gasteiger charge is -2.32. The lowest BCUT2D eigenvalue weighted by Crippen LogP contribution is -2.39. The van der Waals surface area contributed by atoms with Gasteiger partial charge in [0.2, 0.25) is 10.0 Å². The molecule has 11 heteroatoms. The second kappa shape index (κ2) is 9.92. The standard InChI is InChI=1S/C24H25BrN6O3S/c1-34-19-7-2-8-20(11-19)35(32,33)30-10-4-6-18(16-30)22-12-23(27-14-17-5-3-9-26-13-17)31-24(29-22)21(25)15-28-31/h2-3,5,7-9,11-13,15,18,27H,4,6,10,14,16H2,1H3. The number of hydrogen-bond acceptors (Lipinski definition) is 7. The van der Waals surface area contributed by atoms with E-state index in [4.69, 9.17) is 9.72 Å². The summed E-state index contributed by atoms with van der Waals surface area (Å²) in [5.74, 6) is 1.25. The molecule has 35 heavy (non-hydrogen) atoms. The molecule has 1 aromatic carbocycles. The van der Waals surface area contributed by atoms with E-state index in [9.17, 15) is 8.42 Å². The van der Waals surface area contributed by atoms with Crippen LogP contribution in [-0.2, 0) is 16.6 Å². The van der Waals surface area contributed by atoms with E-state index in [2.05, 4.69) is 31.3 Å². The molecule has 4 aromatic rings. The molecule has 0 bridgehead atoms. The summed E-state index contributed by atoms with van der Waals surface area (Å²) in [5, 5.41) is 7.87. The van der Waals surface area contributed by atoms with Crippen LogP contribution in [0.1, 0.15) is 30.0 Å². The van der Waals surface area contributed by atoms with Gasteiger partial charge in [-0.1, -0.05) is 12.1 Å². The summed E-state index contributed by atoms with van der Waals surface area (Å²) in [6, 6.07) is 12.5. The molecule has 1 aliphatic heterocycles. The van der Waals surface area contributed by atoms with Crippen molar-refractivity contribution in [3.05, 3.63) is 76.8 Å². The fourth-order valence-corrected chi connectivity index (χ4v) is 6.21. The van der Waals surface area contributed by atoms with E-state index >= 15 is 0 Å². The van der Waals surface area contributed by atoms with Gasteiger partial charge in [0, 0.05) is 50.1 Å². The summed E-state index contributed by atoms with van der Waals surface area (Å²) in [6.45, 7) is 1.40. The average Bonchev–Trinajstić information content (AvgIpc) is 3.28. The molecular formula is C24H25BrN6O3S. The molecule has 0 amide bonds. The number of piperidine rings is 1. The van der Waals surface area contributed by atoms with Crippen LogP contribution in [-0.4, -0.2) is 52.5 Å². The largest absolute Gasteiger partial charge is 0.497 e. The highest BCUT2D eigenvalue weighted by Crippen LogP contribution is 2.32. The molecule has 9 nitrogen and oxygen atoms in total. The average molecular weight is 557 g/mol. The van der Waals surface area contributed by atoms with Gasteiger partial charge in [-0.25, -0.2) is 13.4 Å². The van der Waals surface area contributed by atoms with Crippen LogP contribution in [0.15, 0.2) is 70.4 Å². The van der Waals surface area contributed by atoms with Crippen molar-refractivity contribution in [1.82, 2.24) is 23.9 Å². The monoisotopic (exact) mass is 556 g/mol. The maximum absolute atomic E-state index is 13.4. The van der Waals surface area contributed by atoms with Gasteiger partial charge in [0.1, 0.15) is 11.6 Å². The zero-order valence-electron chi connectivity index (χ0n) is 19.1. The summed E-state index contributed by atoms with van der Waals surface area (Å²) in [5.41, 5.74) is 2.56. The quantitative estimate of drug-likeness (QED) is 0.366. The summed E-state index contributed by atoms with van der Waals surface area (Å²) in [6.07, 6.45) is 6.86. The zero-order chi connectivity index (χ0) is 24.4. The number of ether oxygens (including phenoxy) is 1. The molecule has 1 atom stereocenters. The van der Waals surface area contributed by atoms with E-state index in [0.717, 1.165) is 34.4 Å². The van der Waals surface area contributed by atoms with Crippen molar-refractivity contribution in [3.8, 4) is 5.75 Å². The number of fused-ring (bicyclic) bond motifs is 1. The maximum Gasteiger partial charge on any atom is 0.243 e. The number of halogens is 1. The number of nitrogens with one attached hydrogen (secondary N) is 1. The molecule has 1 aliphatic rings. The molecule has 0 saturated carbocycles. The third-order valence-corrected chi connectivity index (χ3v) is 8.55. The molecule has 5 rings (SSSR count). The number of aromatic nitrogens is 4. The summed E-state index contributed by atoms with van der Waals surface area (Å²) in [7, 11) is -2.13. The Balaban J connectivity index is 1.44. The Bertz CT molecular complexity index is 1440. The number of benzene rings is 1. The summed E-state index contributed by atoms with van der Waals surface area (Å²) in [4.78, 5) is 9.25. The SMILES string of the molecule is COc1cccc(S(=O)(=O)N2CCCC(c3cc(NCc4cccnc4)n4ncc(Br)c4n3)C2)c1. The lowest BCUT2D eigenvalue weighted by atomic mass is 9.96. The van der Waals surface area contributed by atoms with Crippen LogP contribution in [0, 0.1) is 0 Å². The zero-order valence-corrected chi connectivity index (χ0v) is 21.5. The van der Waals surface area contributed by atoms with E-state index in [0.29, 0.717) is 31.0 Å². The number of pyridine rings is 1. The van der Waals surface area contributed by atoms with Gasteiger partial charge in [0.05, 0.1) is 28.4 Å². The predicted octanol–water partition coefficient (Wildman–Crippen LogP) is 4.08. The third kappa shape index (κ3) is 4.89. The first-order valence-electron chi connectivity index (χ1n) is 11.3. The van der Waals surface area contributed by atoms with E-state index in [1.807, 2.05) is 24.4 Å². The highest BCUT2D eigenvalue weighted by Gasteiger charge is 2.32. The van der Waals surface area contributed by atoms with Gasteiger partial charge >= 0.3 is 0 Å². The van der Waals surface area contributed by atoms with Crippen molar-refractivity contribution < 1.29 is 13.2 Å². The number of sulfonamides is 1. The molecular weight excluding hydrogens is 532 g/mol. The maximum atomic E-state index is 13.4. The number of rotatable bonds is 7. The number of anilines is 1. The fraction of sp³-hybridized carbons (Fsp3) is 0.292. The van der Waals surface area contributed by atoms with Crippen LogP contribution in [0.25, 0.3) is 5.65 Å². The second-order valence-corrected chi connectivity index (χ2v) is 11.2. The first-order valence-corrected chi connectivity index (χ1v) is 13.5. The van der Waals surface area contributed by atoms with Crippen molar-refractivity contribution in [2.45, 2.75) is 30.2 Å². The first-order chi connectivity index (χ1) is 17.0. The second-order valence-electron chi connectivity index (χ2n) is 8.39. The molecule has 1 N–H and O–H groups in total. The van der Waals surface area contributed by atoms with Crippen molar-refractivity contribution in [2.24, 2.45) is 0 Å². The van der Waals surface area contributed by atoms with Crippen molar-refractivity contribution in [1.29, 1.82) is 0 Å². The van der Waals surface area contributed by atoms with Gasteiger partial charge in [-0.05, 0) is 52.5 Å². The van der Waals surface area contributed by atoms with Crippen LogP contribution in [0.2, 0.25) is 0 Å². The first kappa shape index (κ1) is 23.7. The molecule has 4 heterocycles. The van der Waals surface area contributed by atoms with Gasteiger partial charge < -0.3 is 10.1 Å². The normalized spacial score (nSPS) is 16.9. The van der Waals surface area contributed by atoms with Gasteiger partial charge in [0.15, 0.2) is 5.65 Å². The molecule has 0 aliphatic carbocycles. The van der Waals surface area contributed by atoms with Gasteiger partial charge in [-0.2, -0.15) is 13.9 Å². The van der Waals surface area contributed by atoms with Crippen LogP contribution in [0.4, 0.5) is 5.82 Å². The van der Waals surface area contributed by atoms with Crippen LogP contribution in [0.3, 0.4) is 0 Å². The molecule has 0 spiro atoms. The number of hydrogen-bond donors (Lipinski definition) is 1.